The van der Waals surface area contributed by atoms with Gasteiger partial charge in [0, 0.05) is 11.8 Å². The molecule has 4 rings (SSSR count). The maximum absolute atomic E-state index is 12.5. The summed E-state index contributed by atoms with van der Waals surface area (Å²) in [5, 5.41) is 7.36. The van der Waals surface area contributed by atoms with Gasteiger partial charge in [0.2, 0.25) is 0 Å². The van der Waals surface area contributed by atoms with Crippen molar-refractivity contribution in [1.82, 2.24) is 24.1 Å². The van der Waals surface area contributed by atoms with Gasteiger partial charge in [0.05, 0.1) is 11.9 Å². The van der Waals surface area contributed by atoms with Gasteiger partial charge in [-0.25, -0.2) is 14.5 Å². The van der Waals surface area contributed by atoms with E-state index in [-0.39, 0.29) is 11.3 Å². The Morgan fingerprint density at radius 3 is 2.43 bits per heavy atom. The third-order valence-electron chi connectivity index (χ3n) is 4.54. The predicted molar refractivity (Wildman–Crippen MR) is 108 cm³/mol. The molecule has 0 fully saturated rings. The van der Waals surface area contributed by atoms with Crippen LogP contribution < -0.4 is 5.32 Å². The smallest absolute Gasteiger partial charge is 0.256 e. The van der Waals surface area contributed by atoms with Crippen LogP contribution in [0.1, 0.15) is 42.4 Å². The molecule has 28 heavy (non-hydrogen) atoms. The predicted octanol–water partition coefficient (Wildman–Crippen LogP) is 3.77. The number of carbonyl (C=O) groups excluding carboxylic acids is 1. The number of amides is 1. The van der Waals surface area contributed by atoms with Gasteiger partial charge in [-0.05, 0) is 42.2 Å². The summed E-state index contributed by atoms with van der Waals surface area (Å²) in [4.78, 5) is 21.2. The second-order valence-electron chi connectivity index (χ2n) is 7.82. The SMILES string of the molecule is Cc1cn(-c2ccc3nc(NC(=O)c4ccc(C(C)(C)C)cc4)cn3n2)cn1. The lowest BCUT2D eigenvalue weighted by molar-refractivity contribution is 0.102. The lowest BCUT2D eigenvalue weighted by Crippen LogP contribution is -2.14. The van der Waals surface area contributed by atoms with Crippen molar-refractivity contribution in [3.8, 4) is 5.82 Å². The van der Waals surface area contributed by atoms with Gasteiger partial charge < -0.3 is 5.32 Å². The van der Waals surface area contributed by atoms with Crippen molar-refractivity contribution in [2.45, 2.75) is 33.1 Å². The third-order valence-corrected chi connectivity index (χ3v) is 4.54. The van der Waals surface area contributed by atoms with Crippen molar-refractivity contribution < 1.29 is 4.79 Å². The highest BCUT2D eigenvalue weighted by Gasteiger charge is 2.15. The van der Waals surface area contributed by atoms with Crippen molar-refractivity contribution in [1.29, 1.82) is 0 Å². The fourth-order valence-corrected chi connectivity index (χ4v) is 2.93. The second-order valence-corrected chi connectivity index (χ2v) is 7.82. The van der Waals surface area contributed by atoms with Crippen molar-refractivity contribution in [3.05, 3.63) is 71.9 Å². The molecule has 7 nitrogen and oxygen atoms in total. The standard InChI is InChI=1S/C21H22N6O/c1-14-11-26(13-22-14)19-10-9-18-23-17(12-27(18)25-19)24-20(28)15-5-7-16(8-6-15)21(2,3)4/h5-13H,1-4H3,(H,24,28). The summed E-state index contributed by atoms with van der Waals surface area (Å²) in [7, 11) is 0. The molecule has 0 bridgehead atoms. The molecule has 1 N–H and O–H groups in total. The molecule has 0 aliphatic heterocycles. The molecule has 0 radical (unpaired) electrons. The summed E-state index contributed by atoms with van der Waals surface area (Å²) in [6, 6.07) is 11.4. The van der Waals surface area contributed by atoms with E-state index < -0.39 is 0 Å². The van der Waals surface area contributed by atoms with E-state index in [0.29, 0.717) is 17.0 Å². The summed E-state index contributed by atoms with van der Waals surface area (Å²) in [6.07, 6.45) is 5.31. The molecule has 0 aliphatic carbocycles. The van der Waals surface area contributed by atoms with Crippen LogP contribution in [-0.2, 0) is 5.41 Å². The molecule has 7 heteroatoms. The monoisotopic (exact) mass is 374 g/mol. The topological polar surface area (TPSA) is 77.1 Å². The maximum atomic E-state index is 12.5. The van der Waals surface area contributed by atoms with Gasteiger partial charge in [-0.3, -0.25) is 9.36 Å². The fourth-order valence-electron chi connectivity index (χ4n) is 2.93. The number of nitrogens with one attached hydrogen (secondary N) is 1. The lowest BCUT2D eigenvalue weighted by Gasteiger charge is -2.18. The Labute approximate surface area is 163 Å². The van der Waals surface area contributed by atoms with E-state index in [9.17, 15) is 4.79 Å². The Morgan fingerprint density at radius 2 is 1.79 bits per heavy atom. The first kappa shape index (κ1) is 17.9. The average Bonchev–Trinajstić information content (AvgIpc) is 3.26. The molecule has 0 aliphatic rings. The molecule has 0 spiro atoms. The first-order valence-corrected chi connectivity index (χ1v) is 9.09. The van der Waals surface area contributed by atoms with Gasteiger partial charge in [0.15, 0.2) is 17.3 Å². The largest absolute Gasteiger partial charge is 0.305 e. The van der Waals surface area contributed by atoms with Crippen LogP contribution in [0.15, 0.2) is 55.1 Å². The van der Waals surface area contributed by atoms with E-state index in [1.807, 2.05) is 54.1 Å². The summed E-state index contributed by atoms with van der Waals surface area (Å²) in [5.41, 5.74) is 3.39. The van der Waals surface area contributed by atoms with E-state index in [1.54, 1.807) is 17.0 Å². The molecule has 1 amide bonds. The van der Waals surface area contributed by atoms with Gasteiger partial charge in [-0.1, -0.05) is 32.9 Å². The van der Waals surface area contributed by atoms with Gasteiger partial charge in [-0.2, -0.15) is 0 Å². The zero-order valence-corrected chi connectivity index (χ0v) is 16.3. The molecule has 0 atom stereocenters. The summed E-state index contributed by atoms with van der Waals surface area (Å²) < 4.78 is 3.48. The highest BCUT2D eigenvalue weighted by atomic mass is 16.1. The molecule has 1 aromatic carbocycles. The average molecular weight is 374 g/mol. The normalized spacial score (nSPS) is 11.7. The van der Waals surface area contributed by atoms with Gasteiger partial charge in [-0.15, -0.1) is 5.10 Å². The zero-order valence-electron chi connectivity index (χ0n) is 16.3. The number of carbonyl (C=O) groups is 1. The zero-order chi connectivity index (χ0) is 19.9. The van der Waals surface area contributed by atoms with Gasteiger partial charge in [0.25, 0.3) is 5.91 Å². The molecule has 3 heterocycles. The first-order valence-electron chi connectivity index (χ1n) is 9.09. The van der Waals surface area contributed by atoms with Crippen molar-refractivity contribution in [2.75, 3.05) is 5.32 Å². The van der Waals surface area contributed by atoms with Gasteiger partial charge in [0.1, 0.15) is 6.33 Å². The number of hydrogen-bond donors (Lipinski definition) is 1. The van der Waals surface area contributed by atoms with E-state index in [4.69, 9.17) is 0 Å². The number of anilines is 1. The second kappa shape index (κ2) is 6.60. The Hall–Kier alpha value is -3.48. The number of nitrogens with zero attached hydrogens (tertiary/aromatic N) is 5. The number of imidazole rings is 2. The summed E-state index contributed by atoms with van der Waals surface area (Å²) >= 11 is 0. The van der Waals surface area contributed by atoms with Crippen LogP contribution >= 0.6 is 0 Å². The quantitative estimate of drug-likeness (QED) is 0.592. The lowest BCUT2D eigenvalue weighted by atomic mass is 9.87. The Balaban J connectivity index is 1.55. The number of hydrogen-bond acceptors (Lipinski definition) is 4. The van der Waals surface area contributed by atoms with Gasteiger partial charge >= 0.3 is 0 Å². The van der Waals surface area contributed by atoms with Crippen molar-refractivity contribution in [2.24, 2.45) is 0 Å². The molecular formula is C21H22N6O. The molecule has 0 unspecified atom stereocenters. The van der Waals surface area contributed by atoms with E-state index in [0.717, 1.165) is 11.5 Å². The van der Waals surface area contributed by atoms with Crippen LogP contribution in [0.25, 0.3) is 11.5 Å². The minimum absolute atomic E-state index is 0.0494. The number of benzene rings is 1. The Bertz CT molecular complexity index is 1150. The molecular weight excluding hydrogens is 352 g/mol. The summed E-state index contributed by atoms with van der Waals surface area (Å²) in [6.45, 7) is 8.36. The van der Waals surface area contributed by atoms with E-state index >= 15 is 0 Å². The van der Waals surface area contributed by atoms with Crippen LogP contribution in [0.4, 0.5) is 5.82 Å². The Morgan fingerprint density at radius 1 is 1.04 bits per heavy atom. The number of aryl methyl sites for hydroxylation is 1. The summed E-state index contributed by atoms with van der Waals surface area (Å²) in [5.74, 6) is 0.979. The highest BCUT2D eigenvalue weighted by molar-refractivity contribution is 6.03. The fraction of sp³-hybridized carbons (Fsp3) is 0.238. The number of aromatic nitrogens is 5. The number of rotatable bonds is 3. The highest BCUT2D eigenvalue weighted by Crippen LogP contribution is 2.22. The molecule has 4 aromatic rings. The first-order chi connectivity index (χ1) is 13.3. The Kier molecular flexibility index (Phi) is 4.22. The van der Waals surface area contributed by atoms with Crippen LogP contribution in [0.5, 0.6) is 0 Å². The van der Waals surface area contributed by atoms with Crippen LogP contribution in [-0.4, -0.2) is 30.1 Å². The molecule has 142 valence electrons. The third kappa shape index (κ3) is 3.51. The number of fused-ring (bicyclic) bond motifs is 1. The van der Waals surface area contributed by atoms with Crippen LogP contribution in [0, 0.1) is 6.92 Å². The minimum atomic E-state index is -0.200. The maximum Gasteiger partial charge on any atom is 0.256 e. The molecule has 3 aromatic heterocycles. The molecule has 0 saturated heterocycles. The van der Waals surface area contributed by atoms with Crippen LogP contribution in [0.3, 0.4) is 0 Å². The molecule has 0 saturated carbocycles. The van der Waals surface area contributed by atoms with Crippen molar-refractivity contribution >= 4 is 17.4 Å². The van der Waals surface area contributed by atoms with Crippen molar-refractivity contribution in [3.63, 3.8) is 0 Å². The van der Waals surface area contributed by atoms with E-state index in [1.165, 1.54) is 5.56 Å². The van der Waals surface area contributed by atoms with Crippen LogP contribution in [0.2, 0.25) is 0 Å². The van der Waals surface area contributed by atoms with E-state index in [2.05, 4.69) is 41.2 Å². The minimum Gasteiger partial charge on any atom is -0.305 e.